The maximum Gasteiger partial charge on any atom is 0.0490 e. The van der Waals surface area contributed by atoms with Crippen LogP contribution in [0.25, 0.3) is 0 Å². The second-order valence-electron chi connectivity index (χ2n) is 3.78. The van der Waals surface area contributed by atoms with E-state index < -0.39 is 0 Å². The summed E-state index contributed by atoms with van der Waals surface area (Å²) < 4.78 is 0. The molecule has 1 heterocycles. The van der Waals surface area contributed by atoms with Crippen LogP contribution >= 0.6 is 0 Å². The van der Waals surface area contributed by atoms with Crippen LogP contribution in [0.3, 0.4) is 0 Å². The summed E-state index contributed by atoms with van der Waals surface area (Å²) in [5.74, 6) is 0. The Hall–Kier alpha value is -0.830. The fraction of sp³-hybridized carbons (Fsp3) is 0.727. The van der Waals surface area contributed by atoms with Gasteiger partial charge in [-0.3, -0.25) is 5.10 Å². The second-order valence-corrected chi connectivity index (χ2v) is 3.78. The molecule has 80 valence electrons. The van der Waals surface area contributed by atoms with Gasteiger partial charge >= 0.3 is 0 Å². The van der Waals surface area contributed by atoms with Crippen molar-refractivity contribution in [2.75, 3.05) is 0 Å². The molecule has 0 fully saturated rings. The molecule has 1 rings (SSSR count). The maximum absolute atomic E-state index is 3.94. The van der Waals surface area contributed by atoms with Crippen molar-refractivity contribution in [1.29, 1.82) is 0 Å². The Morgan fingerprint density at radius 3 is 2.36 bits per heavy atom. The van der Waals surface area contributed by atoms with Crippen LogP contribution in [0.5, 0.6) is 0 Å². The molecule has 0 amide bonds. The number of aromatic amines is 1. The van der Waals surface area contributed by atoms with Gasteiger partial charge in [-0.25, -0.2) is 0 Å². The van der Waals surface area contributed by atoms with Crippen LogP contribution in [0.2, 0.25) is 0 Å². The zero-order valence-corrected chi connectivity index (χ0v) is 9.43. The Kier molecular flexibility index (Phi) is 4.14. The fourth-order valence-corrected chi connectivity index (χ4v) is 1.79. The van der Waals surface area contributed by atoms with E-state index in [1.807, 2.05) is 6.07 Å². The zero-order valence-electron chi connectivity index (χ0n) is 9.43. The normalized spacial score (nSPS) is 11.9. The van der Waals surface area contributed by atoms with Crippen LogP contribution in [0, 0.1) is 0 Å². The smallest absolute Gasteiger partial charge is 0.0490 e. The van der Waals surface area contributed by atoms with Crippen LogP contribution in [0.15, 0.2) is 12.3 Å². The highest BCUT2D eigenvalue weighted by molar-refractivity contribution is 4.98. The molecule has 0 atom stereocenters. The van der Waals surface area contributed by atoms with Gasteiger partial charge in [-0.15, -0.1) is 0 Å². The van der Waals surface area contributed by atoms with Crippen LogP contribution in [0.4, 0.5) is 0 Å². The maximum atomic E-state index is 3.94. The minimum Gasteiger partial charge on any atom is -0.306 e. The minimum atomic E-state index is 0.297. The number of nitrogens with zero attached hydrogens (tertiary/aromatic N) is 1. The molecule has 0 saturated heterocycles. The van der Waals surface area contributed by atoms with Gasteiger partial charge in [0.2, 0.25) is 0 Å². The molecule has 0 spiro atoms. The van der Waals surface area contributed by atoms with Crippen LogP contribution in [-0.4, -0.2) is 15.7 Å². The monoisotopic (exact) mass is 195 g/mol. The summed E-state index contributed by atoms with van der Waals surface area (Å²) in [7, 11) is 0. The molecule has 0 bridgehead atoms. The lowest BCUT2D eigenvalue weighted by Gasteiger charge is -2.31. The van der Waals surface area contributed by atoms with Gasteiger partial charge in [0.15, 0.2) is 0 Å². The molecule has 0 aliphatic heterocycles. The molecule has 2 N–H and O–H groups in total. The summed E-state index contributed by atoms with van der Waals surface area (Å²) in [5, 5.41) is 10.5. The molecule has 3 nitrogen and oxygen atoms in total. The van der Waals surface area contributed by atoms with Crippen molar-refractivity contribution in [3.8, 4) is 0 Å². The van der Waals surface area contributed by atoms with Crippen molar-refractivity contribution in [2.24, 2.45) is 0 Å². The van der Waals surface area contributed by atoms with Crippen molar-refractivity contribution >= 4 is 0 Å². The molecule has 1 aromatic heterocycles. The number of H-pyrrole nitrogens is 1. The number of hydrogen-bond donors (Lipinski definition) is 2. The number of nitrogens with one attached hydrogen (secondary N) is 2. The van der Waals surface area contributed by atoms with Crippen LogP contribution < -0.4 is 5.32 Å². The van der Waals surface area contributed by atoms with Crippen molar-refractivity contribution < 1.29 is 0 Å². The lowest BCUT2D eigenvalue weighted by Crippen LogP contribution is -2.43. The lowest BCUT2D eigenvalue weighted by atomic mass is 9.90. The van der Waals surface area contributed by atoms with Crippen molar-refractivity contribution in [1.82, 2.24) is 15.5 Å². The Morgan fingerprint density at radius 1 is 1.29 bits per heavy atom. The molecule has 0 aliphatic rings. The predicted octanol–water partition coefficient (Wildman–Crippen LogP) is 2.47. The first-order chi connectivity index (χ1) is 6.76. The number of rotatable bonds is 6. The average Bonchev–Trinajstić information content (AvgIpc) is 2.74. The van der Waals surface area contributed by atoms with Crippen LogP contribution in [-0.2, 0) is 6.54 Å². The lowest BCUT2D eigenvalue weighted by molar-refractivity contribution is 0.286. The first-order valence-corrected chi connectivity index (χ1v) is 5.49. The van der Waals surface area contributed by atoms with E-state index >= 15 is 0 Å². The summed E-state index contributed by atoms with van der Waals surface area (Å²) in [5.41, 5.74) is 1.45. The highest BCUT2D eigenvalue weighted by Gasteiger charge is 2.22. The van der Waals surface area contributed by atoms with Gasteiger partial charge in [-0.2, -0.15) is 5.10 Å². The first-order valence-electron chi connectivity index (χ1n) is 5.49. The van der Waals surface area contributed by atoms with Crippen molar-refractivity contribution in [3.63, 3.8) is 0 Å². The van der Waals surface area contributed by atoms with Gasteiger partial charge in [0.1, 0.15) is 0 Å². The molecule has 0 radical (unpaired) electrons. The quantitative estimate of drug-likeness (QED) is 0.732. The van der Waals surface area contributed by atoms with Gasteiger partial charge in [0.25, 0.3) is 0 Å². The van der Waals surface area contributed by atoms with Crippen molar-refractivity contribution in [2.45, 2.75) is 52.1 Å². The second kappa shape index (κ2) is 5.15. The summed E-state index contributed by atoms with van der Waals surface area (Å²) in [4.78, 5) is 0. The molecule has 0 aromatic carbocycles. The van der Waals surface area contributed by atoms with Gasteiger partial charge in [0, 0.05) is 24.0 Å². The topological polar surface area (TPSA) is 40.7 Å². The third kappa shape index (κ3) is 2.58. The van der Waals surface area contributed by atoms with E-state index in [0.717, 1.165) is 12.2 Å². The minimum absolute atomic E-state index is 0.297. The largest absolute Gasteiger partial charge is 0.306 e. The van der Waals surface area contributed by atoms with E-state index in [-0.39, 0.29) is 0 Å². The Morgan fingerprint density at radius 2 is 1.93 bits per heavy atom. The highest BCUT2D eigenvalue weighted by Crippen LogP contribution is 2.19. The Bertz CT molecular complexity index is 229. The molecule has 0 unspecified atom stereocenters. The molecular weight excluding hydrogens is 174 g/mol. The third-order valence-electron chi connectivity index (χ3n) is 3.24. The number of hydrogen-bond acceptors (Lipinski definition) is 2. The Balaban J connectivity index is 2.48. The van der Waals surface area contributed by atoms with Gasteiger partial charge in [0.05, 0.1) is 0 Å². The molecule has 14 heavy (non-hydrogen) atoms. The van der Waals surface area contributed by atoms with E-state index in [1.165, 1.54) is 19.3 Å². The molecule has 0 aliphatic carbocycles. The molecular formula is C11H21N3. The van der Waals surface area contributed by atoms with E-state index in [2.05, 4.69) is 36.3 Å². The van der Waals surface area contributed by atoms with Gasteiger partial charge in [-0.1, -0.05) is 20.8 Å². The van der Waals surface area contributed by atoms with E-state index in [4.69, 9.17) is 0 Å². The fourth-order valence-electron chi connectivity index (χ4n) is 1.79. The zero-order chi connectivity index (χ0) is 10.4. The molecule has 3 heteroatoms. The van der Waals surface area contributed by atoms with Gasteiger partial charge in [-0.05, 0) is 25.3 Å². The Labute approximate surface area is 86.3 Å². The summed E-state index contributed by atoms with van der Waals surface area (Å²) in [6.07, 6.45) is 5.32. The molecule has 1 aromatic rings. The summed E-state index contributed by atoms with van der Waals surface area (Å²) in [6.45, 7) is 7.61. The average molecular weight is 195 g/mol. The van der Waals surface area contributed by atoms with Crippen LogP contribution in [0.1, 0.15) is 45.7 Å². The predicted molar refractivity (Wildman–Crippen MR) is 59.0 cm³/mol. The summed E-state index contributed by atoms with van der Waals surface area (Å²) >= 11 is 0. The summed E-state index contributed by atoms with van der Waals surface area (Å²) in [6, 6.07) is 2.01. The number of aromatic nitrogens is 2. The first kappa shape index (κ1) is 11.2. The standard InChI is InChI=1S/C11H21N3/c1-4-11(5-2,6-3)12-9-10-7-8-13-14-10/h7-8,12H,4-6,9H2,1-3H3,(H,13,14). The van der Waals surface area contributed by atoms with E-state index in [9.17, 15) is 0 Å². The van der Waals surface area contributed by atoms with E-state index in [1.54, 1.807) is 6.20 Å². The SMILES string of the molecule is CCC(CC)(CC)NCc1ccn[nH]1. The van der Waals surface area contributed by atoms with Gasteiger partial charge < -0.3 is 5.32 Å². The van der Waals surface area contributed by atoms with Crippen molar-refractivity contribution in [3.05, 3.63) is 18.0 Å². The molecule has 0 saturated carbocycles. The third-order valence-corrected chi connectivity index (χ3v) is 3.24. The highest BCUT2D eigenvalue weighted by atomic mass is 15.1. The van der Waals surface area contributed by atoms with E-state index in [0.29, 0.717) is 5.54 Å².